The van der Waals surface area contributed by atoms with Crippen molar-refractivity contribution in [2.24, 2.45) is 10.9 Å². The van der Waals surface area contributed by atoms with Crippen LogP contribution in [-0.2, 0) is 0 Å². The quantitative estimate of drug-likeness (QED) is 0.258. The van der Waals surface area contributed by atoms with Gasteiger partial charge in [0.2, 0.25) is 0 Å². The highest BCUT2D eigenvalue weighted by Crippen LogP contribution is 2.30. The second kappa shape index (κ2) is 11.0. The first kappa shape index (κ1) is 25.3. The molecule has 198 valence electrons. The van der Waals surface area contributed by atoms with Crippen molar-refractivity contribution < 1.29 is 0 Å². The minimum absolute atomic E-state index is 0.293. The number of benzene rings is 3. The molecule has 3 heterocycles. The van der Waals surface area contributed by atoms with Gasteiger partial charge in [0.25, 0.3) is 0 Å². The number of likely N-dealkylation sites (tertiary alicyclic amines) is 1. The van der Waals surface area contributed by atoms with E-state index < -0.39 is 0 Å². The second-order valence-electron chi connectivity index (χ2n) is 11.1. The molecule has 39 heavy (non-hydrogen) atoms. The third-order valence-corrected chi connectivity index (χ3v) is 7.43. The van der Waals surface area contributed by atoms with E-state index in [-0.39, 0.29) is 0 Å². The summed E-state index contributed by atoms with van der Waals surface area (Å²) >= 11 is 0. The molecule has 1 saturated heterocycles. The van der Waals surface area contributed by atoms with E-state index in [1.807, 2.05) is 24.4 Å². The molecule has 0 saturated carbocycles. The lowest BCUT2D eigenvalue weighted by atomic mass is 10.0. The van der Waals surface area contributed by atoms with Crippen molar-refractivity contribution in [2.45, 2.75) is 39.7 Å². The van der Waals surface area contributed by atoms with Crippen molar-refractivity contribution in [3.8, 4) is 17.1 Å². The summed E-state index contributed by atoms with van der Waals surface area (Å²) in [5.74, 6) is 0.689. The molecule has 1 aromatic heterocycles. The Labute approximate surface area is 230 Å². The van der Waals surface area contributed by atoms with Crippen LogP contribution in [0.15, 0.2) is 90.2 Å². The number of anilines is 2. The number of hydrogen-bond donors (Lipinski definition) is 1. The second-order valence-corrected chi connectivity index (χ2v) is 11.1. The van der Waals surface area contributed by atoms with Crippen LogP contribution in [0.2, 0.25) is 0 Å². The average Bonchev–Trinajstić information content (AvgIpc) is 2.94. The molecule has 2 aromatic carbocycles. The molecule has 0 unspecified atom stereocenters. The van der Waals surface area contributed by atoms with Gasteiger partial charge in [0, 0.05) is 31.5 Å². The van der Waals surface area contributed by atoms with Gasteiger partial charge in [0.15, 0.2) is 0 Å². The first-order valence-electron chi connectivity index (χ1n) is 14.0. The number of fused-ring (bicyclic) bond motifs is 2. The molecule has 0 radical (unpaired) electrons. The predicted molar refractivity (Wildman–Crippen MR) is 160 cm³/mol. The lowest BCUT2D eigenvalue weighted by Gasteiger charge is -2.31. The Hall–Kier alpha value is -4.03. The number of aromatic nitrogens is 3. The van der Waals surface area contributed by atoms with Gasteiger partial charge in [-0.1, -0.05) is 43.7 Å². The maximum absolute atomic E-state index is 5.36. The smallest absolute Gasteiger partial charge is 0.0900 e. The first-order chi connectivity index (χ1) is 19.0. The summed E-state index contributed by atoms with van der Waals surface area (Å²) in [5, 5.41) is 4.55. The molecule has 3 aromatic rings. The third-order valence-electron chi connectivity index (χ3n) is 7.43. The van der Waals surface area contributed by atoms with E-state index in [1.165, 1.54) is 5.56 Å². The summed E-state index contributed by atoms with van der Waals surface area (Å²) in [4.78, 5) is 17.3. The van der Waals surface area contributed by atoms with Crippen LogP contribution in [0.4, 0.5) is 11.4 Å². The summed E-state index contributed by atoms with van der Waals surface area (Å²) in [5.41, 5.74) is 8.26. The van der Waals surface area contributed by atoms with Crippen LogP contribution < -0.4 is 10.7 Å². The van der Waals surface area contributed by atoms with Crippen molar-refractivity contribution in [2.75, 3.05) is 25.0 Å². The van der Waals surface area contributed by atoms with Gasteiger partial charge < -0.3 is 14.8 Å². The molecule has 0 spiro atoms. The number of pyridine rings is 1. The number of nitrogens with one attached hydrogen (secondary N) is 1. The fourth-order valence-corrected chi connectivity index (χ4v) is 5.56. The van der Waals surface area contributed by atoms with Gasteiger partial charge in [-0.3, -0.25) is 9.98 Å². The number of rotatable bonds is 6. The topological polar surface area (TPSA) is 58.3 Å². The fourth-order valence-electron chi connectivity index (χ4n) is 5.56. The molecule has 3 aliphatic rings. The number of piperidine rings is 1. The Morgan fingerprint density at radius 2 is 1.77 bits per heavy atom. The summed E-state index contributed by atoms with van der Waals surface area (Å²) in [6.07, 6.45) is 5.79. The van der Waals surface area contributed by atoms with Crippen molar-refractivity contribution in [3.63, 3.8) is 0 Å². The van der Waals surface area contributed by atoms with Crippen molar-refractivity contribution in [1.82, 2.24) is 19.4 Å². The van der Waals surface area contributed by atoms with Gasteiger partial charge in [-0.2, -0.15) is 0 Å². The highest BCUT2D eigenvalue weighted by Gasteiger charge is 2.21. The van der Waals surface area contributed by atoms with Gasteiger partial charge >= 0.3 is 0 Å². The molecular weight excluding hydrogens is 480 g/mol. The van der Waals surface area contributed by atoms with Crippen LogP contribution in [0, 0.1) is 12.8 Å². The van der Waals surface area contributed by atoms with E-state index >= 15 is 0 Å². The zero-order chi connectivity index (χ0) is 26.8. The van der Waals surface area contributed by atoms with Gasteiger partial charge in [0.05, 0.1) is 51.4 Å². The third kappa shape index (κ3) is 5.57. The maximum atomic E-state index is 5.36. The number of aryl methyl sites for hydroxylation is 1. The van der Waals surface area contributed by atoms with Crippen LogP contribution in [-0.4, -0.2) is 45.1 Å². The molecule has 0 bridgehead atoms. The van der Waals surface area contributed by atoms with E-state index in [4.69, 9.17) is 9.98 Å². The molecular formula is C33H36N6. The zero-order valence-electron chi connectivity index (χ0n) is 23.0. The summed E-state index contributed by atoms with van der Waals surface area (Å²) < 4.78 is 2.31. The summed E-state index contributed by atoms with van der Waals surface area (Å²) in [6, 6.07) is 25.7. The molecule has 6 heteroatoms. The Morgan fingerprint density at radius 1 is 0.974 bits per heavy atom. The molecule has 6 nitrogen and oxygen atoms in total. The molecule has 1 N–H and O–H groups in total. The molecule has 6 rings (SSSR count). The van der Waals surface area contributed by atoms with Crippen LogP contribution >= 0.6 is 0 Å². The number of nitrogens with zero attached hydrogens (tertiary/aromatic N) is 5. The summed E-state index contributed by atoms with van der Waals surface area (Å²) in [6.45, 7) is 10.1. The van der Waals surface area contributed by atoms with Crippen LogP contribution in [0.25, 0.3) is 28.1 Å². The van der Waals surface area contributed by atoms with Crippen LogP contribution in [0.3, 0.4) is 0 Å². The van der Waals surface area contributed by atoms with Crippen molar-refractivity contribution in [1.29, 1.82) is 0 Å². The molecule has 1 fully saturated rings. The predicted octanol–water partition coefficient (Wildman–Crippen LogP) is 6.60. The lowest BCUT2D eigenvalue weighted by Crippen LogP contribution is -2.38. The van der Waals surface area contributed by atoms with Crippen LogP contribution in [0.5, 0.6) is 0 Å². The Balaban J connectivity index is 1.51. The SMILES string of the molecule is Cc1ccc(-n2c3cc(=NC4CCN(CC(C)C)CC4)c(Nc4cccnc4)cc-3nc3ccccc32)cc1. The van der Waals surface area contributed by atoms with Gasteiger partial charge in [-0.25, -0.2) is 4.98 Å². The zero-order valence-corrected chi connectivity index (χ0v) is 23.0. The van der Waals surface area contributed by atoms with E-state index in [2.05, 4.69) is 95.1 Å². The van der Waals surface area contributed by atoms with E-state index in [9.17, 15) is 0 Å². The Kier molecular flexibility index (Phi) is 7.12. The van der Waals surface area contributed by atoms with Crippen LogP contribution in [0.1, 0.15) is 32.3 Å². The Bertz CT molecular complexity index is 1600. The van der Waals surface area contributed by atoms with Crippen molar-refractivity contribution >= 4 is 22.4 Å². The molecule has 0 atom stereocenters. The Morgan fingerprint density at radius 3 is 2.51 bits per heavy atom. The molecule has 1 aliphatic carbocycles. The monoisotopic (exact) mass is 516 g/mol. The van der Waals surface area contributed by atoms with Gasteiger partial charge in [-0.05, 0) is 74.2 Å². The maximum Gasteiger partial charge on any atom is 0.0900 e. The van der Waals surface area contributed by atoms with Crippen molar-refractivity contribution in [3.05, 3.63) is 96.1 Å². The number of hydrogen-bond acceptors (Lipinski definition) is 5. The lowest BCUT2D eigenvalue weighted by molar-refractivity contribution is 0.192. The normalized spacial score (nSPS) is 15.4. The minimum atomic E-state index is 0.293. The van der Waals surface area contributed by atoms with E-state index in [0.29, 0.717) is 12.0 Å². The largest absolute Gasteiger partial charge is 0.352 e. The van der Waals surface area contributed by atoms with Gasteiger partial charge in [-0.15, -0.1) is 0 Å². The number of para-hydroxylation sites is 2. The van der Waals surface area contributed by atoms with Gasteiger partial charge in [0.1, 0.15) is 0 Å². The van der Waals surface area contributed by atoms with E-state index in [1.54, 1.807) is 6.20 Å². The van der Waals surface area contributed by atoms with E-state index in [0.717, 1.165) is 77.3 Å². The minimum Gasteiger partial charge on any atom is -0.352 e. The molecule has 0 amide bonds. The molecule has 2 aliphatic heterocycles. The standard InChI is InChI=1S/C33H36N6/c1-23(2)22-38-17-14-25(15-18-38)35-30-20-33-31(19-29(30)36-26-7-6-16-34-21-26)37-28-8-4-5-9-32(28)39(33)27-12-10-24(3)11-13-27/h4-13,16,19-21,23,25,36H,14-15,17-18,22H2,1-3H3. The first-order valence-corrected chi connectivity index (χ1v) is 14.0. The highest BCUT2D eigenvalue weighted by atomic mass is 15.1. The average molecular weight is 517 g/mol. The fraction of sp³-hybridized carbons (Fsp3) is 0.303. The summed E-state index contributed by atoms with van der Waals surface area (Å²) in [7, 11) is 0. The highest BCUT2D eigenvalue weighted by molar-refractivity contribution is 5.84.